The van der Waals surface area contributed by atoms with Crippen LogP contribution in [0.5, 0.6) is 0 Å². The maximum atomic E-state index is 11.2. The molecular weight excluding hydrogens is 344 g/mol. The van der Waals surface area contributed by atoms with E-state index in [1.165, 1.54) is 11.1 Å². The molecule has 1 aliphatic rings. The van der Waals surface area contributed by atoms with Crippen molar-refractivity contribution in [1.29, 1.82) is 0 Å². The van der Waals surface area contributed by atoms with Crippen LogP contribution in [0.2, 0.25) is 0 Å². The van der Waals surface area contributed by atoms with Crippen molar-refractivity contribution >= 4 is 11.9 Å². The van der Waals surface area contributed by atoms with E-state index in [-0.39, 0.29) is 11.9 Å². The molecule has 0 bridgehead atoms. The molecule has 1 saturated heterocycles. The van der Waals surface area contributed by atoms with Crippen LogP contribution in [0.4, 0.5) is 0 Å². The van der Waals surface area contributed by atoms with E-state index in [0.29, 0.717) is 18.9 Å². The lowest BCUT2D eigenvalue weighted by Crippen LogP contribution is -2.48. The van der Waals surface area contributed by atoms with Crippen LogP contribution in [0.1, 0.15) is 40.5 Å². The Hall–Kier alpha value is -2.80. The Bertz CT molecular complexity index is 815. The first-order valence-electron chi connectivity index (χ1n) is 9.17. The number of nitrogens with one attached hydrogen (secondary N) is 1. The minimum Gasteiger partial charge on any atom is -0.454 e. The maximum absolute atomic E-state index is 11.2. The highest BCUT2D eigenvalue weighted by Crippen LogP contribution is 2.25. The molecule has 3 rings (SSSR count). The smallest absolute Gasteiger partial charge is 0.284 e. The predicted molar refractivity (Wildman–Crippen MR) is 103 cm³/mol. The molecule has 1 atom stereocenters. The molecule has 7 nitrogen and oxygen atoms in total. The minimum atomic E-state index is -0.577. The van der Waals surface area contributed by atoms with Gasteiger partial charge < -0.3 is 25.1 Å². The largest absolute Gasteiger partial charge is 0.454 e. The van der Waals surface area contributed by atoms with Gasteiger partial charge in [-0.3, -0.25) is 4.79 Å². The van der Waals surface area contributed by atoms with Crippen LogP contribution in [0, 0.1) is 6.92 Å². The normalized spacial score (nSPS) is 17.8. The number of aliphatic imine (C=N–C) groups is 1. The highest BCUT2D eigenvalue weighted by atomic mass is 16.5. The van der Waals surface area contributed by atoms with E-state index in [4.69, 9.17) is 14.9 Å². The van der Waals surface area contributed by atoms with Crippen LogP contribution >= 0.6 is 0 Å². The van der Waals surface area contributed by atoms with E-state index in [1.54, 1.807) is 12.1 Å². The first-order chi connectivity index (χ1) is 13.1. The number of morpholine rings is 1. The molecule has 2 heterocycles. The van der Waals surface area contributed by atoms with Crippen molar-refractivity contribution in [2.24, 2.45) is 10.7 Å². The van der Waals surface area contributed by atoms with Crippen LogP contribution in [0.25, 0.3) is 0 Å². The first kappa shape index (κ1) is 19.0. The lowest BCUT2D eigenvalue weighted by atomic mass is 10.0. The van der Waals surface area contributed by atoms with Gasteiger partial charge in [-0.2, -0.15) is 0 Å². The van der Waals surface area contributed by atoms with Gasteiger partial charge in [0.15, 0.2) is 11.7 Å². The molecule has 1 aliphatic heterocycles. The third-order valence-electron chi connectivity index (χ3n) is 4.53. The van der Waals surface area contributed by atoms with Crippen molar-refractivity contribution in [2.75, 3.05) is 26.2 Å². The zero-order valence-electron chi connectivity index (χ0n) is 15.8. The Morgan fingerprint density at radius 2 is 2.15 bits per heavy atom. The summed E-state index contributed by atoms with van der Waals surface area (Å²) in [5.41, 5.74) is 7.65. The zero-order valence-corrected chi connectivity index (χ0v) is 15.8. The molecule has 1 unspecified atom stereocenters. The number of hydrogen-bond donors (Lipinski definition) is 2. The van der Waals surface area contributed by atoms with Crippen LogP contribution in [-0.2, 0) is 11.3 Å². The Balaban J connectivity index is 1.73. The Morgan fingerprint density at radius 1 is 1.33 bits per heavy atom. The Kier molecular flexibility index (Phi) is 6.13. The molecule has 144 valence electrons. The van der Waals surface area contributed by atoms with Crippen molar-refractivity contribution in [3.8, 4) is 0 Å². The summed E-state index contributed by atoms with van der Waals surface area (Å²) in [6.07, 6.45) is 0.00823. The fourth-order valence-corrected chi connectivity index (χ4v) is 3.15. The van der Waals surface area contributed by atoms with Crippen molar-refractivity contribution < 1.29 is 13.9 Å². The zero-order chi connectivity index (χ0) is 19.2. The molecular formula is C20H26N4O3. The van der Waals surface area contributed by atoms with E-state index in [1.807, 2.05) is 19.1 Å². The predicted octanol–water partition coefficient (Wildman–Crippen LogP) is 2.23. The molecule has 7 heteroatoms. The van der Waals surface area contributed by atoms with Crippen molar-refractivity contribution in [1.82, 2.24) is 10.2 Å². The standard InChI is InChI=1S/C20H26N4O3/c1-3-22-20(23-12-15-8-9-17(27-15)19(21)25)24-10-11-26-18(13-24)16-7-5-4-6-14(16)2/h4-9,18H,3,10-13H2,1-2H3,(H2,21,25)(H,22,23). The summed E-state index contributed by atoms with van der Waals surface area (Å²) >= 11 is 0. The summed E-state index contributed by atoms with van der Waals surface area (Å²) in [7, 11) is 0. The number of nitrogens with zero attached hydrogens (tertiary/aromatic N) is 2. The number of primary amides is 1. The van der Waals surface area contributed by atoms with Gasteiger partial charge in [-0.1, -0.05) is 24.3 Å². The molecule has 1 fully saturated rings. The average molecular weight is 370 g/mol. The van der Waals surface area contributed by atoms with E-state index in [0.717, 1.165) is 25.6 Å². The van der Waals surface area contributed by atoms with E-state index in [9.17, 15) is 4.79 Å². The lowest BCUT2D eigenvalue weighted by molar-refractivity contribution is -0.00835. The van der Waals surface area contributed by atoms with Crippen LogP contribution in [0.3, 0.4) is 0 Å². The number of hydrogen-bond acceptors (Lipinski definition) is 4. The maximum Gasteiger partial charge on any atom is 0.284 e. The summed E-state index contributed by atoms with van der Waals surface area (Å²) in [4.78, 5) is 18.0. The average Bonchev–Trinajstić information content (AvgIpc) is 3.15. The van der Waals surface area contributed by atoms with Crippen LogP contribution < -0.4 is 11.1 Å². The summed E-state index contributed by atoms with van der Waals surface area (Å²) in [6.45, 7) is 7.35. The van der Waals surface area contributed by atoms with Crippen LogP contribution in [0.15, 0.2) is 45.8 Å². The molecule has 0 aliphatic carbocycles. The summed E-state index contributed by atoms with van der Waals surface area (Å²) in [5.74, 6) is 0.974. The summed E-state index contributed by atoms with van der Waals surface area (Å²) in [6, 6.07) is 11.6. The first-order valence-corrected chi connectivity index (χ1v) is 9.17. The molecule has 0 radical (unpaired) electrons. The quantitative estimate of drug-likeness (QED) is 0.622. The lowest BCUT2D eigenvalue weighted by Gasteiger charge is -2.35. The topological polar surface area (TPSA) is 93.1 Å². The number of carbonyl (C=O) groups is 1. The number of guanidine groups is 1. The Labute approximate surface area is 159 Å². The van der Waals surface area contributed by atoms with E-state index in [2.05, 4.69) is 34.3 Å². The van der Waals surface area contributed by atoms with Gasteiger partial charge in [-0.25, -0.2) is 4.99 Å². The van der Waals surface area contributed by atoms with E-state index >= 15 is 0 Å². The van der Waals surface area contributed by atoms with Gasteiger partial charge in [-0.15, -0.1) is 0 Å². The number of nitrogens with two attached hydrogens (primary N) is 1. The molecule has 1 aromatic heterocycles. The summed E-state index contributed by atoms with van der Waals surface area (Å²) in [5, 5.41) is 3.33. The molecule has 0 spiro atoms. The molecule has 1 aromatic carbocycles. The second-order valence-electron chi connectivity index (χ2n) is 6.46. The monoisotopic (exact) mass is 370 g/mol. The highest BCUT2D eigenvalue weighted by Gasteiger charge is 2.25. The number of ether oxygens (including phenoxy) is 1. The van der Waals surface area contributed by atoms with Gasteiger partial charge in [0, 0.05) is 13.1 Å². The second-order valence-corrected chi connectivity index (χ2v) is 6.46. The van der Waals surface area contributed by atoms with E-state index < -0.39 is 5.91 Å². The fourth-order valence-electron chi connectivity index (χ4n) is 3.15. The van der Waals surface area contributed by atoms with Crippen LogP contribution in [-0.4, -0.2) is 43.0 Å². The Morgan fingerprint density at radius 3 is 2.85 bits per heavy atom. The molecule has 3 N–H and O–H groups in total. The van der Waals surface area contributed by atoms with Crippen molar-refractivity contribution in [3.63, 3.8) is 0 Å². The van der Waals surface area contributed by atoms with Crippen molar-refractivity contribution in [3.05, 3.63) is 59.0 Å². The number of amides is 1. The number of aryl methyl sites for hydroxylation is 1. The SMILES string of the molecule is CCNC(=NCc1ccc(C(N)=O)o1)N1CCOC(c2ccccc2C)C1. The second kappa shape index (κ2) is 8.73. The van der Waals surface area contributed by atoms with Crippen molar-refractivity contribution in [2.45, 2.75) is 26.5 Å². The minimum absolute atomic E-state index is 0.00823. The number of furan rings is 1. The molecule has 27 heavy (non-hydrogen) atoms. The third kappa shape index (κ3) is 4.68. The van der Waals surface area contributed by atoms with Gasteiger partial charge in [0.05, 0.1) is 13.2 Å². The fraction of sp³-hybridized carbons (Fsp3) is 0.400. The molecule has 2 aromatic rings. The van der Waals surface area contributed by atoms with Gasteiger partial charge >= 0.3 is 0 Å². The summed E-state index contributed by atoms with van der Waals surface area (Å²) < 4.78 is 11.4. The number of carbonyl (C=O) groups excluding carboxylic acids is 1. The molecule has 1 amide bonds. The highest BCUT2D eigenvalue weighted by molar-refractivity contribution is 5.89. The van der Waals surface area contributed by atoms with Gasteiger partial charge in [0.1, 0.15) is 18.4 Å². The number of rotatable bonds is 5. The molecule has 0 saturated carbocycles. The number of benzene rings is 1. The van der Waals surface area contributed by atoms with Gasteiger partial charge in [0.25, 0.3) is 5.91 Å². The van der Waals surface area contributed by atoms with Gasteiger partial charge in [-0.05, 0) is 37.1 Å². The third-order valence-corrected chi connectivity index (χ3v) is 4.53. The van der Waals surface area contributed by atoms with Gasteiger partial charge in [0.2, 0.25) is 0 Å².